The highest BCUT2D eigenvalue weighted by Crippen LogP contribution is 2.70. The number of pyridine rings is 1. The molecule has 0 radical (unpaired) electrons. The first kappa shape index (κ1) is 78.1. The molecule has 5 fully saturated rings. The lowest BCUT2D eigenvalue weighted by Crippen LogP contribution is -2.63. The van der Waals surface area contributed by atoms with Crippen molar-refractivity contribution >= 4 is 90.1 Å². The molecule has 7 aliphatic rings. The second-order valence-corrected chi connectivity index (χ2v) is 31.9. The summed E-state index contributed by atoms with van der Waals surface area (Å²) in [5.41, 5.74) is 11.0. The highest BCUT2D eigenvalue weighted by Gasteiger charge is 2.65. The number of carbonyl (C=O) groups excluding carboxylic acids is 5. The molecule has 34 heteroatoms. The van der Waals surface area contributed by atoms with Crippen LogP contribution in [0.5, 0.6) is 11.5 Å². The maximum absolute atomic E-state index is 13.8. The summed E-state index contributed by atoms with van der Waals surface area (Å²) in [6, 6.07) is 20.0. The van der Waals surface area contributed by atoms with E-state index in [1.807, 2.05) is 59.0 Å². The minimum Gasteiger partial charge on any atom is -0.491 e. The SMILES string of the molecule is Cc1c(-c2ccc(N3CCc4cccc(C(=O)Nc5nc6ccccc6s5)c4C3)nc2C(=O)O)cnn1CC12CC3CC(C)(C1)CC(C)(C2)C3OCCN(C)C(=O)OCc1ccc(OCCOCCN=C(N)[C@H](CS(=O)(=O)O)NC(=O)CCCCCN2C(=O)C=CC2=O)cc1O[C@@H]1O[C@H](C(=O)O)[C@@H](O)[C@H](O)[C@H]1O. The molecule has 5 unspecified atom stereocenters. The number of carboxylic acid groups (broad SMARTS) is 2. The van der Waals surface area contributed by atoms with E-state index in [1.165, 1.54) is 46.6 Å². The Balaban J connectivity index is 0.628. The number of nitrogens with zero attached hydrogens (tertiary/aromatic N) is 8. The zero-order valence-electron chi connectivity index (χ0n) is 60.1. The van der Waals surface area contributed by atoms with Gasteiger partial charge in [0.05, 0.1) is 48.9 Å². The number of aromatic carboxylic acids is 1. The Hall–Kier alpha value is -9.52. The number of carbonyl (C=O) groups is 7. The smallest absolute Gasteiger partial charge is 0.409 e. The van der Waals surface area contributed by atoms with Gasteiger partial charge in [0.25, 0.3) is 27.8 Å². The van der Waals surface area contributed by atoms with Crippen molar-refractivity contribution in [1.82, 2.24) is 34.9 Å². The van der Waals surface area contributed by atoms with Crippen molar-refractivity contribution < 1.29 is 100 Å². The molecule has 4 saturated carbocycles. The first-order valence-corrected chi connectivity index (χ1v) is 38.2. The molecule has 10 N–H and O–H groups in total. The molecule has 6 aromatic rings. The number of nitrogens with two attached hydrogens (primary N) is 1. The number of aliphatic carboxylic acids is 1. The van der Waals surface area contributed by atoms with Crippen LogP contribution in [0.15, 0.2) is 96.1 Å². The summed E-state index contributed by atoms with van der Waals surface area (Å²) in [6.07, 6.45) is -0.0914. The summed E-state index contributed by atoms with van der Waals surface area (Å²) in [5, 5.41) is 63.2. The largest absolute Gasteiger partial charge is 0.491 e. The van der Waals surface area contributed by atoms with Crippen molar-refractivity contribution in [2.45, 2.75) is 148 Å². The number of aromatic nitrogens is 4. The van der Waals surface area contributed by atoms with Crippen molar-refractivity contribution in [3.8, 4) is 22.6 Å². The number of aliphatic imine (C=N–C) groups is 1. The zero-order valence-corrected chi connectivity index (χ0v) is 61.7. The molecule has 3 aliphatic heterocycles. The Labute approximate surface area is 625 Å². The molecule has 4 aliphatic carbocycles. The molecule has 108 heavy (non-hydrogen) atoms. The summed E-state index contributed by atoms with van der Waals surface area (Å²) in [7, 11) is -3.06. The number of aliphatic hydroxyl groups is 3. The van der Waals surface area contributed by atoms with Crippen LogP contribution in [0, 0.1) is 29.1 Å². The van der Waals surface area contributed by atoms with Gasteiger partial charge in [0.2, 0.25) is 12.2 Å². The average molecular weight is 1530 g/mol. The van der Waals surface area contributed by atoms with Gasteiger partial charge in [-0.1, -0.05) is 55.9 Å². The van der Waals surface area contributed by atoms with Crippen molar-refractivity contribution in [2.24, 2.45) is 32.9 Å². The number of anilines is 2. The third-order valence-electron chi connectivity index (χ3n) is 21.1. The number of amidine groups is 1. The molecule has 578 valence electrons. The van der Waals surface area contributed by atoms with E-state index in [9.17, 15) is 72.1 Å². The minimum absolute atomic E-state index is 0.0312. The number of ether oxygens (including phenoxy) is 6. The highest BCUT2D eigenvalue weighted by molar-refractivity contribution is 7.85. The van der Waals surface area contributed by atoms with Crippen LogP contribution in [0.1, 0.15) is 115 Å². The number of hydrogen-bond acceptors (Lipinski definition) is 24. The summed E-state index contributed by atoms with van der Waals surface area (Å²) in [5.74, 6) is -5.03. The monoisotopic (exact) mass is 1530 g/mol. The number of rotatable bonds is 33. The zero-order chi connectivity index (χ0) is 77.0. The summed E-state index contributed by atoms with van der Waals surface area (Å²) in [4.78, 5) is 107. The van der Waals surface area contributed by atoms with Gasteiger partial charge in [0.15, 0.2) is 16.9 Å². The minimum atomic E-state index is -4.62. The lowest BCUT2D eigenvalue weighted by atomic mass is 9.39. The fourth-order valence-corrected chi connectivity index (χ4v) is 18.3. The predicted octanol–water partition coefficient (Wildman–Crippen LogP) is 5.52. The van der Waals surface area contributed by atoms with Crippen LogP contribution in [0.25, 0.3) is 21.3 Å². The second-order valence-electron chi connectivity index (χ2n) is 29.4. The van der Waals surface area contributed by atoms with E-state index in [1.54, 1.807) is 25.4 Å². The van der Waals surface area contributed by atoms with E-state index < -0.39 is 95.0 Å². The molecule has 5 amide bonds. The molecule has 32 nitrogen and oxygen atoms in total. The number of imide groups is 1. The molecule has 0 spiro atoms. The summed E-state index contributed by atoms with van der Waals surface area (Å²) < 4.78 is 71.6. The number of benzene rings is 3. The van der Waals surface area contributed by atoms with Gasteiger partial charge in [-0.05, 0) is 134 Å². The van der Waals surface area contributed by atoms with Gasteiger partial charge in [-0.15, -0.1) is 0 Å². The molecule has 11 atom stereocenters. The third kappa shape index (κ3) is 17.9. The van der Waals surface area contributed by atoms with Crippen LogP contribution >= 0.6 is 11.3 Å². The van der Waals surface area contributed by atoms with E-state index in [2.05, 4.69) is 34.5 Å². The van der Waals surface area contributed by atoms with E-state index in [0.717, 1.165) is 64.0 Å². The Kier molecular flexibility index (Phi) is 23.7. The molecule has 4 bridgehead atoms. The standard InChI is InChI=1S/C74H89N11O21S2/c1-42-49(47-18-19-55(80-59(47)67(93)94)83-25-22-43-11-10-12-48(50(43)35-83)66(92)81-70-79-51-13-7-8-14-54(51)107-70)34-77-85(42)41-74-33-45-32-72(2,39-74)38-73(3,40-74)64(45)103-28-26-82(4)71(97)104-36-44-16-17-46(31-53(44)105-69-62(91)60(89)61(90)63(106-69)68(95)96)102-30-29-101-27-23-76-65(75)52(37-108(98,99)100)78-56(86)15-6-5-9-24-84-57(87)20-21-58(84)88/h7-8,10-14,16-21,31,34,45,52,60-64,69,89-91H,5-6,9,15,22-30,32-33,35-41H2,1-4H3,(H2,75,76)(H,78,86)(H,93,94)(H,95,96)(H,79,81,92)(H,98,99,100)/t45?,52-,60-,61-,62+,63-,64?,69+,72?,73?,74?/m0/s1. The molecular formula is C74H89N11O21S2. The van der Waals surface area contributed by atoms with Gasteiger partial charge < -0.3 is 74.8 Å². The van der Waals surface area contributed by atoms with Gasteiger partial charge in [-0.25, -0.2) is 24.4 Å². The van der Waals surface area contributed by atoms with Gasteiger partial charge in [0.1, 0.15) is 66.5 Å². The van der Waals surface area contributed by atoms with Gasteiger partial charge in [0, 0.05) is 92.4 Å². The lowest BCUT2D eigenvalue weighted by Gasteiger charge is -2.68. The molecule has 13 rings (SSSR count). The van der Waals surface area contributed by atoms with Gasteiger partial charge in [-0.3, -0.25) is 43.6 Å². The van der Waals surface area contributed by atoms with Crippen LogP contribution in [0.3, 0.4) is 0 Å². The number of thiazole rings is 1. The van der Waals surface area contributed by atoms with Crippen LogP contribution in [0.2, 0.25) is 0 Å². The van der Waals surface area contributed by atoms with E-state index in [4.69, 9.17) is 44.2 Å². The normalized spacial score (nSPS) is 24.7. The number of unbranched alkanes of at least 4 members (excludes halogenated alkanes) is 2. The number of nitrogens with one attached hydrogen (secondary N) is 2. The number of amides is 5. The first-order chi connectivity index (χ1) is 51.4. The Morgan fingerprint density at radius 1 is 0.889 bits per heavy atom. The van der Waals surface area contributed by atoms with Crippen LogP contribution in [-0.4, -0.2) is 224 Å². The quantitative estimate of drug-likeness (QED) is 0.00805. The fourth-order valence-electron chi connectivity index (χ4n) is 16.8. The predicted molar refractivity (Wildman–Crippen MR) is 391 cm³/mol. The van der Waals surface area contributed by atoms with Crippen molar-refractivity contribution in [3.63, 3.8) is 0 Å². The van der Waals surface area contributed by atoms with Gasteiger partial charge >= 0.3 is 18.0 Å². The Morgan fingerprint density at radius 2 is 1.68 bits per heavy atom. The van der Waals surface area contributed by atoms with Crippen molar-refractivity contribution in [1.29, 1.82) is 0 Å². The molecule has 1 saturated heterocycles. The first-order valence-electron chi connectivity index (χ1n) is 35.8. The van der Waals surface area contributed by atoms with E-state index in [-0.39, 0.29) is 115 Å². The molecule has 6 heterocycles. The molecule has 3 aromatic heterocycles. The molecule has 3 aromatic carbocycles. The van der Waals surface area contributed by atoms with Crippen LogP contribution in [0.4, 0.5) is 15.7 Å². The van der Waals surface area contributed by atoms with Crippen LogP contribution in [-0.2, 0) is 74.4 Å². The topological polar surface area (TPSA) is 446 Å². The number of fused-ring (bicyclic) bond motifs is 2. The average Bonchev–Trinajstić information content (AvgIpc) is 0.799. The van der Waals surface area contributed by atoms with Crippen LogP contribution < -0.4 is 30.7 Å². The number of likely N-dealkylation sites (N-methyl/N-ethyl adjacent to an activating group) is 1. The van der Waals surface area contributed by atoms with Gasteiger partial charge in [-0.2, -0.15) is 13.5 Å². The highest BCUT2D eigenvalue weighted by atomic mass is 32.2. The fraction of sp³-hybridized carbons (Fsp3) is 0.500. The summed E-state index contributed by atoms with van der Waals surface area (Å²) >= 11 is 1.40. The van der Waals surface area contributed by atoms with Crippen molar-refractivity contribution in [3.05, 3.63) is 125 Å². The lowest BCUT2D eigenvalue weighted by molar-refractivity contribution is -0.271. The number of para-hydroxylation sites is 1. The second kappa shape index (κ2) is 32.7. The van der Waals surface area contributed by atoms with E-state index in [0.29, 0.717) is 73.0 Å². The Bertz CT molecular complexity index is 4540. The van der Waals surface area contributed by atoms with Crippen molar-refractivity contribution in [2.75, 3.05) is 75.6 Å². The number of hydrogen-bond donors (Lipinski definition) is 9. The third-order valence-corrected chi connectivity index (χ3v) is 22.8. The maximum atomic E-state index is 13.8. The summed E-state index contributed by atoms with van der Waals surface area (Å²) in [6.45, 7) is 7.95. The number of aliphatic hydroxyl groups excluding tert-OH is 3. The molecular weight excluding hydrogens is 1440 g/mol. The number of carboxylic acids is 2. The Morgan fingerprint density at radius 3 is 2.43 bits per heavy atom. The van der Waals surface area contributed by atoms with E-state index >= 15 is 0 Å². The maximum Gasteiger partial charge on any atom is 0.409 e.